The van der Waals surface area contributed by atoms with Crippen molar-refractivity contribution in [3.05, 3.63) is 29.8 Å². The molecule has 0 radical (unpaired) electrons. The summed E-state index contributed by atoms with van der Waals surface area (Å²) >= 11 is 6.29. The molecule has 1 aromatic rings. The highest BCUT2D eigenvalue weighted by atomic mass is 35.5. The van der Waals surface area contributed by atoms with Crippen LogP contribution in [0.1, 0.15) is 70.3 Å². The fourth-order valence-corrected chi connectivity index (χ4v) is 3.91. The second-order valence-corrected chi connectivity index (χ2v) is 8.20. The van der Waals surface area contributed by atoms with E-state index in [1.165, 1.54) is 50.5 Å². The number of alkyl halides is 1. The normalized spacial score (nSPS) is 14.0. The van der Waals surface area contributed by atoms with Crippen LogP contribution < -0.4 is 0 Å². The zero-order valence-electron chi connectivity index (χ0n) is 13.4. The molecule has 1 unspecified atom stereocenters. The van der Waals surface area contributed by atoms with Crippen molar-refractivity contribution in [1.82, 2.24) is 0 Å². The Bertz CT molecular complexity index is 402. The number of hydrogen-bond donors (Lipinski definition) is 0. The minimum absolute atomic E-state index is 0.257. The van der Waals surface area contributed by atoms with E-state index in [9.17, 15) is 4.21 Å². The van der Waals surface area contributed by atoms with Crippen LogP contribution in [0.3, 0.4) is 0 Å². The minimum atomic E-state index is -1.08. The maximum Gasteiger partial charge on any atom is 0.113 e. The Morgan fingerprint density at radius 2 is 1.48 bits per heavy atom. The highest BCUT2D eigenvalue weighted by Gasteiger charge is 2.14. The van der Waals surface area contributed by atoms with Crippen molar-refractivity contribution in [3.8, 4) is 0 Å². The van der Waals surface area contributed by atoms with Gasteiger partial charge in [0.2, 0.25) is 0 Å². The van der Waals surface area contributed by atoms with Crippen molar-refractivity contribution in [1.29, 1.82) is 0 Å². The number of unbranched alkanes of at least 4 members (excludes halogenated alkanes) is 7. The average molecular weight is 329 g/mol. The van der Waals surface area contributed by atoms with E-state index in [4.69, 9.17) is 11.6 Å². The first kappa shape index (κ1) is 18.7. The van der Waals surface area contributed by atoms with Gasteiger partial charge in [-0.2, -0.15) is 0 Å². The first-order chi connectivity index (χ1) is 10.1. The van der Waals surface area contributed by atoms with E-state index >= 15 is 0 Å². The van der Waals surface area contributed by atoms with Crippen LogP contribution in [0.25, 0.3) is 0 Å². The molecule has 1 nitrogen and oxygen atoms in total. The molecule has 0 aromatic heterocycles. The van der Waals surface area contributed by atoms with Gasteiger partial charge in [0.1, 0.15) is 4.71 Å². The van der Waals surface area contributed by atoms with E-state index in [-0.39, 0.29) is 4.71 Å². The van der Waals surface area contributed by atoms with Gasteiger partial charge < -0.3 is 0 Å². The molecule has 120 valence electrons. The summed E-state index contributed by atoms with van der Waals surface area (Å²) < 4.78 is 12.0. The van der Waals surface area contributed by atoms with Crippen molar-refractivity contribution >= 4 is 22.4 Å². The van der Waals surface area contributed by atoms with Crippen LogP contribution in [0.15, 0.2) is 29.2 Å². The maximum absolute atomic E-state index is 12.3. The zero-order valence-corrected chi connectivity index (χ0v) is 15.0. The molecule has 0 fully saturated rings. The molecule has 0 heterocycles. The third kappa shape index (κ3) is 8.01. The minimum Gasteiger partial charge on any atom is -0.253 e. The second-order valence-electron chi connectivity index (χ2n) is 5.78. The van der Waals surface area contributed by atoms with Crippen molar-refractivity contribution in [2.24, 2.45) is 0 Å². The van der Waals surface area contributed by atoms with Crippen LogP contribution >= 0.6 is 11.6 Å². The smallest absolute Gasteiger partial charge is 0.113 e. The third-order valence-corrected chi connectivity index (χ3v) is 5.91. The van der Waals surface area contributed by atoms with E-state index in [0.717, 1.165) is 17.7 Å². The number of aryl methyl sites for hydroxylation is 1. The molecule has 0 saturated heterocycles. The maximum atomic E-state index is 12.3. The van der Waals surface area contributed by atoms with Crippen molar-refractivity contribution in [2.45, 2.75) is 81.2 Å². The SMILES string of the molecule is CCCCCCCCCCC(Cl)[S@@](=O)c1ccc(C)cc1. The fourth-order valence-electron chi connectivity index (χ4n) is 2.37. The number of halogens is 1. The number of hydrogen-bond acceptors (Lipinski definition) is 1. The zero-order chi connectivity index (χ0) is 15.5. The molecular weight excluding hydrogens is 300 g/mol. The van der Waals surface area contributed by atoms with E-state index in [1.54, 1.807) is 0 Å². The molecule has 0 amide bonds. The van der Waals surface area contributed by atoms with Gasteiger partial charge in [-0.25, -0.2) is 0 Å². The highest BCUT2D eigenvalue weighted by molar-refractivity contribution is 7.87. The van der Waals surface area contributed by atoms with Gasteiger partial charge in [-0.15, -0.1) is 11.6 Å². The van der Waals surface area contributed by atoms with Gasteiger partial charge in [-0.3, -0.25) is 4.21 Å². The second kappa shape index (κ2) is 11.3. The van der Waals surface area contributed by atoms with Gasteiger partial charge in [-0.1, -0.05) is 76.0 Å². The summed E-state index contributed by atoms with van der Waals surface area (Å²) in [6, 6.07) is 7.84. The Balaban J connectivity index is 2.14. The quantitative estimate of drug-likeness (QED) is 0.349. The van der Waals surface area contributed by atoms with Crippen LogP contribution in [0, 0.1) is 6.92 Å². The first-order valence-corrected chi connectivity index (χ1v) is 9.91. The van der Waals surface area contributed by atoms with Gasteiger partial charge >= 0.3 is 0 Å². The highest BCUT2D eigenvalue weighted by Crippen LogP contribution is 2.20. The van der Waals surface area contributed by atoms with Gasteiger partial charge in [0.25, 0.3) is 0 Å². The molecule has 0 aliphatic heterocycles. The number of rotatable bonds is 11. The van der Waals surface area contributed by atoms with E-state index in [2.05, 4.69) is 6.92 Å². The Morgan fingerprint density at radius 3 is 2.05 bits per heavy atom. The summed E-state index contributed by atoms with van der Waals surface area (Å²) in [6.45, 7) is 4.28. The molecule has 0 bridgehead atoms. The molecule has 3 heteroatoms. The molecule has 1 aromatic carbocycles. The van der Waals surface area contributed by atoms with Gasteiger partial charge in [0.05, 0.1) is 10.8 Å². The van der Waals surface area contributed by atoms with Crippen molar-refractivity contribution < 1.29 is 4.21 Å². The predicted octanol–water partition coefficient (Wildman–Crippen LogP) is 6.20. The molecule has 1 rings (SSSR count). The first-order valence-electron chi connectivity index (χ1n) is 8.26. The summed E-state index contributed by atoms with van der Waals surface area (Å²) in [4.78, 5) is 0.847. The summed E-state index contributed by atoms with van der Waals surface area (Å²) in [5.41, 5.74) is 1.19. The lowest BCUT2D eigenvalue weighted by atomic mass is 10.1. The standard InChI is InChI=1S/C18H29ClOS/c1-3-4-5-6-7-8-9-10-11-18(19)21(20)17-14-12-16(2)13-15-17/h12-15,18H,3-11H2,1-2H3/t18?,21-/m0/s1. The molecule has 0 spiro atoms. The summed E-state index contributed by atoms with van der Waals surface area (Å²) in [6.07, 6.45) is 11.1. The number of benzene rings is 1. The summed E-state index contributed by atoms with van der Waals surface area (Å²) in [5, 5.41) is 0. The van der Waals surface area contributed by atoms with E-state index < -0.39 is 10.8 Å². The topological polar surface area (TPSA) is 17.1 Å². The molecule has 21 heavy (non-hydrogen) atoms. The molecule has 0 aliphatic carbocycles. The lowest BCUT2D eigenvalue weighted by Crippen LogP contribution is -2.08. The van der Waals surface area contributed by atoms with Crippen molar-refractivity contribution in [2.75, 3.05) is 0 Å². The fraction of sp³-hybridized carbons (Fsp3) is 0.667. The van der Waals surface area contributed by atoms with Gasteiger partial charge in [0.15, 0.2) is 0 Å². The Hall–Kier alpha value is -0.340. The Labute approximate surface area is 137 Å². The third-order valence-electron chi connectivity index (χ3n) is 3.77. The Morgan fingerprint density at radius 1 is 0.952 bits per heavy atom. The van der Waals surface area contributed by atoms with Crippen LogP contribution in [0.2, 0.25) is 0 Å². The molecule has 0 aliphatic rings. The van der Waals surface area contributed by atoms with Gasteiger partial charge in [0, 0.05) is 4.90 Å². The summed E-state index contributed by atoms with van der Waals surface area (Å²) in [5.74, 6) is 0. The average Bonchev–Trinajstić information content (AvgIpc) is 2.49. The van der Waals surface area contributed by atoms with Crippen LogP contribution in [-0.4, -0.2) is 8.92 Å². The van der Waals surface area contributed by atoms with E-state index in [0.29, 0.717) is 0 Å². The van der Waals surface area contributed by atoms with E-state index in [1.807, 2.05) is 31.2 Å². The molecule has 0 N–H and O–H groups in total. The van der Waals surface area contributed by atoms with Crippen LogP contribution in [-0.2, 0) is 10.8 Å². The van der Waals surface area contributed by atoms with Gasteiger partial charge in [-0.05, 0) is 25.5 Å². The molecule has 2 atom stereocenters. The van der Waals surface area contributed by atoms with Crippen LogP contribution in [0.4, 0.5) is 0 Å². The lowest BCUT2D eigenvalue weighted by molar-refractivity contribution is 0.569. The largest absolute Gasteiger partial charge is 0.253 e. The Kier molecular flexibility index (Phi) is 10.0. The van der Waals surface area contributed by atoms with Crippen molar-refractivity contribution in [3.63, 3.8) is 0 Å². The molecular formula is C18H29ClOS. The van der Waals surface area contributed by atoms with Crippen LogP contribution in [0.5, 0.6) is 0 Å². The predicted molar refractivity (Wildman–Crippen MR) is 94.5 cm³/mol. The molecule has 0 saturated carbocycles. The summed E-state index contributed by atoms with van der Waals surface area (Å²) in [7, 11) is -1.08. The lowest BCUT2D eigenvalue weighted by Gasteiger charge is -2.10. The monoisotopic (exact) mass is 328 g/mol.